The average molecular weight is 344 g/mol. The van der Waals surface area contributed by atoms with Crippen LogP contribution in [0.2, 0.25) is 5.02 Å². The van der Waals surface area contributed by atoms with E-state index in [1.807, 2.05) is 0 Å². The van der Waals surface area contributed by atoms with Crippen molar-refractivity contribution >= 4 is 21.6 Å². The molecular weight excluding hydrogens is 329 g/mol. The number of sulfonamides is 1. The van der Waals surface area contributed by atoms with Gasteiger partial charge in [0.1, 0.15) is 0 Å². The third-order valence-electron chi connectivity index (χ3n) is 2.92. The number of benzene rings is 2. The molecule has 0 radical (unpaired) electrons. The van der Waals surface area contributed by atoms with Gasteiger partial charge in [0.25, 0.3) is 0 Å². The molecule has 0 bridgehead atoms. The molecule has 2 aromatic carbocycles. The second-order valence-electron chi connectivity index (χ2n) is 4.44. The third kappa shape index (κ3) is 3.97. The van der Waals surface area contributed by atoms with E-state index >= 15 is 0 Å². The zero-order valence-electron chi connectivity index (χ0n) is 11.8. The Morgan fingerprint density at radius 1 is 1.23 bits per heavy atom. The first kappa shape index (κ1) is 16.7. The molecule has 0 unspecified atom stereocenters. The average Bonchev–Trinajstić information content (AvgIpc) is 2.48. The normalized spacial score (nSPS) is 11.4. The molecule has 0 aliphatic carbocycles. The number of rotatable bonds is 6. The van der Waals surface area contributed by atoms with E-state index in [1.165, 1.54) is 12.1 Å². The number of halogens is 2. The molecule has 2 rings (SSSR count). The summed E-state index contributed by atoms with van der Waals surface area (Å²) in [5.41, 5.74) is 0.638. The summed E-state index contributed by atoms with van der Waals surface area (Å²) in [5.74, 6) is -0.699. The largest absolute Gasteiger partial charge is 0.491 e. The van der Waals surface area contributed by atoms with Crippen LogP contribution in [0, 0.1) is 5.82 Å². The molecule has 0 aliphatic rings. The van der Waals surface area contributed by atoms with E-state index in [4.69, 9.17) is 16.3 Å². The summed E-state index contributed by atoms with van der Waals surface area (Å²) in [6, 6.07) is 10.4. The molecule has 0 atom stereocenters. The number of hydrogen-bond donors (Lipinski definition) is 1. The van der Waals surface area contributed by atoms with Crippen LogP contribution < -0.4 is 9.46 Å². The second-order valence-corrected chi connectivity index (χ2v) is 6.62. The molecule has 118 valence electrons. The molecular formula is C15H15ClFNO3S. The van der Waals surface area contributed by atoms with Gasteiger partial charge in [0.15, 0.2) is 11.6 Å². The van der Waals surface area contributed by atoms with Crippen molar-refractivity contribution in [2.45, 2.75) is 18.4 Å². The minimum atomic E-state index is -3.83. The van der Waals surface area contributed by atoms with E-state index in [-0.39, 0.29) is 17.2 Å². The van der Waals surface area contributed by atoms with Crippen LogP contribution in [0.25, 0.3) is 0 Å². The maximum atomic E-state index is 13.8. The molecule has 22 heavy (non-hydrogen) atoms. The fraction of sp³-hybridized carbons (Fsp3) is 0.200. The Kier molecular flexibility index (Phi) is 5.39. The first-order valence-electron chi connectivity index (χ1n) is 6.59. The van der Waals surface area contributed by atoms with Gasteiger partial charge in [-0.05, 0) is 36.8 Å². The van der Waals surface area contributed by atoms with E-state index in [9.17, 15) is 12.8 Å². The molecule has 0 saturated carbocycles. The van der Waals surface area contributed by atoms with Gasteiger partial charge in [-0.2, -0.15) is 0 Å². The van der Waals surface area contributed by atoms with Crippen LogP contribution in [0.4, 0.5) is 4.39 Å². The van der Waals surface area contributed by atoms with Crippen LogP contribution in [0.1, 0.15) is 12.5 Å². The zero-order valence-corrected chi connectivity index (χ0v) is 13.4. The Labute approximate surface area is 133 Å². The van der Waals surface area contributed by atoms with E-state index in [2.05, 4.69) is 4.72 Å². The Morgan fingerprint density at radius 3 is 2.59 bits per heavy atom. The molecule has 0 heterocycles. The topological polar surface area (TPSA) is 55.4 Å². The fourth-order valence-corrected chi connectivity index (χ4v) is 3.04. The van der Waals surface area contributed by atoms with E-state index < -0.39 is 15.8 Å². The predicted octanol–water partition coefficient (Wildman–Crippen LogP) is 3.36. The summed E-state index contributed by atoms with van der Waals surface area (Å²) < 4.78 is 45.5. The van der Waals surface area contributed by atoms with Gasteiger partial charge < -0.3 is 4.74 Å². The van der Waals surface area contributed by atoms with E-state index in [1.54, 1.807) is 31.2 Å². The molecule has 0 amide bonds. The summed E-state index contributed by atoms with van der Waals surface area (Å²) in [6.45, 7) is 2.04. The Hall–Kier alpha value is -1.63. The van der Waals surface area contributed by atoms with Crippen LogP contribution >= 0.6 is 11.6 Å². The van der Waals surface area contributed by atoms with Crippen LogP contribution in [0.5, 0.6) is 5.75 Å². The van der Waals surface area contributed by atoms with Gasteiger partial charge in [0.2, 0.25) is 10.0 Å². The lowest BCUT2D eigenvalue weighted by molar-refractivity contribution is 0.321. The minimum Gasteiger partial charge on any atom is -0.491 e. The lowest BCUT2D eigenvalue weighted by atomic mass is 10.2. The lowest BCUT2D eigenvalue weighted by Crippen LogP contribution is -2.23. The van der Waals surface area contributed by atoms with Crippen molar-refractivity contribution in [2.24, 2.45) is 0 Å². The maximum absolute atomic E-state index is 13.8. The summed E-state index contributed by atoms with van der Waals surface area (Å²) in [5, 5.41) is 0.461. The van der Waals surface area contributed by atoms with Gasteiger partial charge in [-0.15, -0.1) is 0 Å². The molecule has 1 N–H and O–H groups in total. The van der Waals surface area contributed by atoms with Crippen molar-refractivity contribution < 1.29 is 17.5 Å². The summed E-state index contributed by atoms with van der Waals surface area (Å²) in [7, 11) is -3.83. The summed E-state index contributed by atoms with van der Waals surface area (Å²) >= 11 is 5.97. The first-order chi connectivity index (χ1) is 10.4. The highest BCUT2D eigenvalue weighted by molar-refractivity contribution is 7.89. The highest BCUT2D eigenvalue weighted by Crippen LogP contribution is 2.21. The van der Waals surface area contributed by atoms with Crippen molar-refractivity contribution in [1.29, 1.82) is 0 Å². The van der Waals surface area contributed by atoms with Gasteiger partial charge in [0, 0.05) is 11.6 Å². The molecule has 0 saturated heterocycles. The van der Waals surface area contributed by atoms with Crippen molar-refractivity contribution in [1.82, 2.24) is 4.72 Å². The quantitative estimate of drug-likeness (QED) is 0.875. The van der Waals surface area contributed by atoms with Gasteiger partial charge in [-0.1, -0.05) is 29.8 Å². The monoisotopic (exact) mass is 343 g/mol. The summed E-state index contributed by atoms with van der Waals surface area (Å²) in [4.78, 5) is -0.166. The third-order valence-corrected chi connectivity index (χ3v) is 4.69. The number of nitrogens with one attached hydrogen (secondary N) is 1. The van der Waals surface area contributed by atoms with Crippen LogP contribution in [0.3, 0.4) is 0 Å². The zero-order chi connectivity index (χ0) is 16.2. The highest BCUT2D eigenvalue weighted by atomic mass is 35.5. The standard InChI is InChI=1S/C15H15ClFNO3S/c1-2-21-15-8-7-12(9-14(15)17)22(19,20)18-10-11-5-3-4-6-13(11)16/h3-9,18H,2,10H2,1H3. The molecule has 0 aliphatic heterocycles. The number of hydrogen-bond acceptors (Lipinski definition) is 3. The molecule has 0 spiro atoms. The van der Waals surface area contributed by atoms with Crippen molar-refractivity contribution in [3.8, 4) is 5.75 Å². The Bertz CT molecular complexity index is 765. The number of ether oxygens (including phenoxy) is 1. The highest BCUT2D eigenvalue weighted by Gasteiger charge is 2.17. The SMILES string of the molecule is CCOc1ccc(S(=O)(=O)NCc2ccccc2Cl)cc1F. The second kappa shape index (κ2) is 7.09. The first-order valence-corrected chi connectivity index (χ1v) is 8.45. The maximum Gasteiger partial charge on any atom is 0.240 e. The van der Waals surface area contributed by atoms with E-state index in [0.29, 0.717) is 17.2 Å². The fourth-order valence-electron chi connectivity index (χ4n) is 1.82. The van der Waals surface area contributed by atoms with Crippen LogP contribution in [0.15, 0.2) is 47.4 Å². The molecule has 0 fully saturated rings. The van der Waals surface area contributed by atoms with Gasteiger partial charge in [0.05, 0.1) is 11.5 Å². The smallest absolute Gasteiger partial charge is 0.240 e. The Morgan fingerprint density at radius 2 is 1.95 bits per heavy atom. The molecule has 2 aromatic rings. The van der Waals surface area contributed by atoms with Crippen molar-refractivity contribution in [3.05, 3.63) is 58.9 Å². The van der Waals surface area contributed by atoms with Crippen molar-refractivity contribution in [2.75, 3.05) is 6.61 Å². The predicted molar refractivity (Wildman–Crippen MR) is 83.0 cm³/mol. The lowest BCUT2D eigenvalue weighted by Gasteiger charge is -2.10. The summed E-state index contributed by atoms with van der Waals surface area (Å²) in [6.07, 6.45) is 0. The van der Waals surface area contributed by atoms with Gasteiger partial charge >= 0.3 is 0 Å². The molecule has 4 nitrogen and oxygen atoms in total. The van der Waals surface area contributed by atoms with E-state index in [0.717, 1.165) is 6.07 Å². The van der Waals surface area contributed by atoms with Crippen LogP contribution in [-0.4, -0.2) is 15.0 Å². The Balaban J connectivity index is 2.17. The minimum absolute atomic E-state index is 0.0209. The van der Waals surface area contributed by atoms with Crippen LogP contribution in [-0.2, 0) is 16.6 Å². The van der Waals surface area contributed by atoms with Gasteiger partial charge in [-0.25, -0.2) is 17.5 Å². The molecule has 7 heteroatoms. The molecule has 0 aromatic heterocycles. The van der Waals surface area contributed by atoms with Gasteiger partial charge in [-0.3, -0.25) is 0 Å². The van der Waals surface area contributed by atoms with Crippen molar-refractivity contribution in [3.63, 3.8) is 0 Å².